The lowest BCUT2D eigenvalue weighted by Gasteiger charge is -2.42. The van der Waals surface area contributed by atoms with Gasteiger partial charge < -0.3 is 5.73 Å². The van der Waals surface area contributed by atoms with E-state index in [4.69, 9.17) is 5.73 Å². The third-order valence-corrected chi connectivity index (χ3v) is 5.57. The molecule has 1 saturated carbocycles. The van der Waals surface area contributed by atoms with E-state index in [2.05, 4.69) is 16.7 Å². The molecule has 3 aliphatic rings. The topological polar surface area (TPSA) is 32.5 Å². The minimum absolute atomic E-state index is 0.494. The summed E-state index contributed by atoms with van der Waals surface area (Å²) in [5.74, 6) is 0.804. The molecule has 3 nitrogen and oxygen atoms in total. The average Bonchev–Trinajstić information content (AvgIpc) is 2.95. The molecule has 0 aromatic carbocycles. The molecule has 3 fully saturated rings. The van der Waals surface area contributed by atoms with Crippen LogP contribution in [-0.2, 0) is 0 Å². The molecule has 4 atom stereocenters. The lowest BCUT2D eigenvalue weighted by Crippen LogP contribution is -2.55. The van der Waals surface area contributed by atoms with E-state index in [0.717, 1.165) is 18.0 Å². The summed E-state index contributed by atoms with van der Waals surface area (Å²) in [6, 6.07) is 2.10. The van der Waals surface area contributed by atoms with Crippen molar-refractivity contribution in [1.82, 2.24) is 9.80 Å². The van der Waals surface area contributed by atoms with Gasteiger partial charge in [-0.2, -0.15) is 0 Å². The molecule has 2 heterocycles. The molecule has 2 aliphatic heterocycles. The van der Waals surface area contributed by atoms with E-state index in [-0.39, 0.29) is 0 Å². The van der Waals surface area contributed by atoms with Crippen LogP contribution in [0.2, 0.25) is 0 Å². The largest absolute Gasteiger partial charge is 0.327 e. The van der Waals surface area contributed by atoms with Gasteiger partial charge in [-0.3, -0.25) is 9.80 Å². The standard InChI is InChI=1S/C15H29N3/c1-12-10-18-8-3-5-14(18)11-17(12)9-7-13-4-2-6-15(13)16/h12-15H,2-11,16H2,1H3. The highest BCUT2D eigenvalue weighted by molar-refractivity contribution is 4.91. The maximum Gasteiger partial charge on any atom is 0.0224 e. The Labute approximate surface area is 112 Å². The Morgan fingerprint density at radius 2 is 2.00 bits per heavy atom. The summed E-state index contributed by atoms with van der Waals surface area (Å²) in [5.41, 5.74) is 6.19. The highest BCUT2D eigenvalue weighted by Gasteiger charge is 2.34. The van der Waals surface area contributed by atoms with Crippen LogP contribution in [0.25, 0.3) is 0 Å². The number of hydrogen-bond acceptors (Lipinski definition) is 3. The van der Waals surface area contributed by atoms with Crippen LogP contribution in [0.5, 0.6) is 0 Å². The second-order valence-corrected chi connectivity index (χ2v) is 6.78. The van der Waals surface area contributed by atoms with Gasteiger partial charge in [0.1, 0.15) is 0 Å². The zero-order valence-corrected chi connectivity index (χ0v) is 11.9. The Balaban J connectivity index is 1.49. The number of rotatable bonds is 3. The van der Waals surface area contributed by atoms with Gasteiger partial charge in [-0.05, 0) is 58.0 Å². The summed E-state index contributed by atoms with van der Waals surface area (Å²) >= 11 is 0. The quantitative estimate of drug-likeness (QED) is 0.828. The predicted molar refractivity (Wildman–Crippen MR) is 75.6 cm³/mol. The van der Waals surface area contributed by atoms with Crippen LogP contribution in [0, 0.1) is 5.92 Å². The van der Waals surface area contributed by atoms with Gasteiger partial charge in [0, 0.05) is 31.2 Å². The van der Waals surface area contributed by atoms with E-state index in [1.54, 1.807) is 0 Å². The van der Waals surface area contributed by atoms with E-state index in [1.165, 1.54) is 64.7 Å². The van der Waals surface area contributed by atoms with Gasteiger partial charge in [0.05, 0.1) is 0 Å². The van der Waals surface area contributed by atoms with Gasteiger partial charge in [-0.25, -0.2) is 0 Å². The summed E-state index contributed by atoms with van der Waals surface area (Å²) in [7, 11) is 0. The van der Waals surface area contributed by atoms with Crippen molar-refractivity contribution in [2.24, 2.45) is 11.7 Å². The molecule has 0 bridgehead atoms. The van der Waals surface area contributed by atoms with Crippen LogP contribution in [0.15, 0.2) is 0 Å². The normalized spacial score (nSPS) is 42.3. The minimum Gasteiger partial charge on any atom is -0.327 e. The van der Waals surface area contributed by atoms with Crippen molar-refractivity contribution in [2.75, 3.05) is 26.2 Å². The molecule has 0 radical (unpaired) electrons. The van der Waals surface area contributed by atoms with E-state index in [9.17, 15) is 0 Å². The number of hydrogen-bond donors (Lipinski definition) is 1. The fourth-order valence-corrected chi connectivity index (χ4v) is 4.32. The van der Waals surface area contributed by atoms with E-state index in [1.807, 2.05) is 0 Å². The maximum absolute atomic E-state index is 6.19. The second-order valence-electron chi connectivity index (χ2n) is 6.78. The monoisotopic (exact) mass is 251 g/mol. The van der Waals surface area contributed by atoms with Gasteiger partial charge in [0.25, 0.3) is 0 Å². The van der Waals surface area contributed by atoms with Gasteiger partial charge in [-0.1, -0.05) is 6.42 Å². The van der Waals surface area contributed by atoms with Gasteiger partial charge in [-0.15, -0.1) is 0 Å². The molecule has 2 saturated heterocycles. The SMILES string of the molecule is CC1CN2CCCC2CN1CCC1CCCC1N. The van der Waals surface area contributed by atoms with Crippen molar-refractivity contribution in [3.05, 3.63) is 0 Å². The lowest BCUT2D eigenvalue weighted by molar-refractivity contribution is 0.0551. The Hall–Kier alpha value is -0.120. The van der Waals surface area contributed by atoms with Gasteiger partial charge >= 0.3 is 0 Å². The van der Waals surface area contributed by atoms with Crippen molar-refractivity contribution in [1.29, 1.82) is 0 Å². The molecule has 3 rings (SSSR count). The fraction of sp³-hybridized carbons (Fsp3) is 1.00. The molecular formula is C15H29N3. The zero-order chi connectivity index (χ0) is 12.5. The summed E-state index contributed by atoms with van der Waals surface area (Å²) in [6.45, 7) is 7.63. The summed E-state index contributed by atoms with van der Waals surface area (Å²) in [5, 5.41) is 0. The molecule has 18 heavy (non-hydrogen) atoms. The summed E-state index contributed by atoms with van der Waals surface area (Å²) in [6.07, 6.45) is 8.16. The Bertz CT molecular complexity index is 281. The van der Waals surface area contributed by atoms with E-state index in [0.29, 0.717) is 6.04 Å². The van der Waals surface area contributed by atoms with Crippen LogP contribution in [0.3, 0.4) is 0 Å². The first-order valence-electron chi connectivity index (χ1n) is 7.97. The Morgan fingerprint density at radius 3 is 2.78 bits per heavy atom. The second kappa shape index (κ2) is 5.48. The number of nitrogens with zero attached hydrogens (tertiary/aromatic N) is 2. The zero-order valence-electron chi connectivity index (χ0n) is 11.9. The van der Waals surface area contributed by atoms with Crippen molar-refractivity contribution < 1.29 is 0 Å². The number of nitrogens with two attached hydrogens (primary N) is 1. The molecule has 4 unspecified atom stereocenters. The van der Waals surface area contributed by atoms with Crippen molar-refractivity contribution in [3.63, 3.8) is 0 Å². The van der Waals surface area contributed by atoms with Crippen LogP contribution in [-0.4, -0.2) is 54.1 Å². The lowest BCUT2D eigenvalue weighted by atomic mass is 9.98. The first-order valence-corrected chi connectivity index (χ1v) is 7.97. The van der Waals surface area contributed by atoms with Crippen LogP contribution in [0.4, 0.5) is 0 Å². The van der Waals surface area contributed by atoms with E-state index < -0.39 is 0 Å². The van der Waals surface area contributed by atoms with Gasteiger partial charge in [0.15, 0.2) is 0 Å². The van der Waals surface area contributed by atoms with Crippen molar-refractivity contribution >= 4 is 0 Å². The molecule has 1 aliphatic carbocycles. The highest BCUT2D eigenvalue weighted by atomic mass is 15.3. The Kier molecular flexibility index (Phi) is 3.92. The molecule has 0 amide bonds. The predicted octanol–water partition coefficient (Wildman–Crippen LogP) is 1.67. The number of fused-ring (bicyclic) bond motifs is 1. The highest BCUT2D eigenvalue weighted by Crippen LogP contribution is 2.29. The first kappa shape index (κ1) is 12.9. The molecule has 2 N–H and O–H groups in total. The van der Waals surface area contributed by atoms with Crippen molar-refractivity contribution in [3.8, 4) is 0 Å². The summed E-state index contributed by atoms with van der Waals surface area (Å²) in [4.78, 5) is 5.44. The minimum atomic E-state index is 0.494. The molecule has 0 spiro atoms. The van der Waals surface area contributed by atoms with Gasteiger partial charge in [0.2, 0.25) is 0 Å². The third-order valence-electron chi connectivity index (χ3n) is 5.57. The molecule has 3 heteroatoms. The van der Waals surface area contributed by atoms with E-state index >= 15 is 0 Å². The van der Waals surface area contributed by atoms with Crippen molar-refractivity contribution in [2.45, 2.75) is 63.6 Å². The van der Waals surface area contributed by atoms with Crippen LogP contribution >= 0.6 is 0 Å². The van der Waals surface area contributed by atoms with Crippen LogP contribution < -0.4 is 5.73 Å². The van der Waals surface area contributed by atoms with Crippen LogP contribution in [0.1, 0.15) is 45.4 Å². The summed E-state index contributed by atoms with van der Waals surface area (Å²) < 4.78 is 0. The molecule has 0 aromatic rings. The molecule has 0 aromatic heterocycles. The average molecular weight is 251 g/mol. The third kappa shape index (κ3) is 2.59. The smallest absolute Gasteiger partial charge is 0.0224 e. The Morgan fingerprint density at radius 1 is 1.11 bits per heavy atom. The fourth-order valence-electron chi connectivity index (χ4n) is 4.32. The first-order chi connectivity index (χ1) is 8.74. The maximum atomic E-state index is 6.19. The molecular weight excluding hydrogens is 222 g/mol. The molecule has 104 valence electrons. The number of piperazine rings is 1.